The van der Waals surface area contributed by atoms with Crippen molar-refractivity contribution in [1.29, 1.82) is 0 Å². The molecule has 1 rings (SSSR count). The van der Waals surface area contributed by atoms with E-state index in [0.717, 1.165) is 30.8 Å². The van der Waals surface area contributed by atoms with Gasteiger partial charge in [-0.1, -0.05) is 27.7 Å². The summed E-state index contributed by atoms with van der Waals surface area (Å²) in [7, 11) is 0. The Balaban J connectivity index is 2.91. The molecule has 0 bridgehead atoms. The van der Waals surface area contributed by atoms with Crippen molar-refractivity contribution in [2.75, 3.05) is 6.54 Å². The molecule has 0 saturated heterocycles. The van der Waals surface area contributed by atoms with Gasteiger partial charge in [-0.15, -0.1) is 11.3 Å². The zero-order chi connectivity index (χ0) is 15.3. The molecule has 1 N–H and O–H groups in total. The van der Waals surface area contributed by atoms with Crippen molar-refractivity contribution in [1.82, 2.24) is 4.90 Å². The number of carboxylic acids is 1. The Morgan fingerprint density at radius 2 is 1.95 bits per heavy atom. The van der Waals surface area contributed by atoms with E-state index in [1.165, 1.54) is 16.9 Å². The van der Waals surface area contributed by atoms with Crippen LogP contribution in [0.4, 0.5) is 0 Å². The summed E-state index contributed by atoms with van der Waals surface area (Å²) in [5.41, 5.74) is 1.17. The maximum absolute atomic E-state index is 11.1. The first kappa shape index (κ1) is 17.2. The second kappa shape index (κ2) is 7.79. The zero-order valence-electron chi connectivity index (χ0n) is 13.3. The first-order valence-corrected chi connectivity index (χ1v) is 8.27. The Morgan fingerprint density at radius 1 is 1.35 bits per heavy atom. The van der Waals surface area contributed by atoms with Crippen LogP contribution >= 0.6 is 11.3 Å². The molecule has 0 aromatic carbocycles. The number of nitrogens with zero attached hydrogens (tertiary/aromatic N) is 1. The molecular weight excluding hydrogens is 270 g/mol. The number of thiophene rings is 1. The molecule has 0 aliphatic carbocycles. The van der Waals surface area contributed by atoms with Gasteiger partial charge in [0.05, 0.1) is 0 Å². The maximum Gasteiger partial charge on any atom is 0.345 e. The van der Waals surface area contributed by atoms with Crippen molar-refractivity contribution in [3.8, 4) is 0 Å². The Hall–Kier alpha value is -0.870. The molecule has 1 aromatic rings. The van der Waals surface area contributed by atoms with Crippen LogP contribution in [0.3, 0.4) is 0 Å². The van der Waals surface area contributed by atoms with Crippen LogP contribution in [-0.2, 0) is 6.54 Å². The molecule has 114 valence electrons. The molecule has 1 aromatic heterocycles. The van der Waals surface area contributed by atoms with Crippen molar-refractivity contribution < 1.29 is 9.90 Å². The van der Waals surface area contributed by atoms with E-state index in [1.54, 1.807) is 0 Å². The average molecular weight is 297 g/mol. The minimum absolute atomic E-state index is 0.451. The molecule has 0 aliphatic heterocycles. The third-order valence-corrected chi connectivity index (χ3v) is 4.74. The van der Waals surface area contributed by atoms with Crippen LogP contribution in [0, 0.1) is 12.8 Å². The van der Waals surface area contributed by atoms with E-state index in [2.05, 4.69) is 32.6 Å². The fraction of sp³-hybridized carbons (Fsp3) is 0.688. The van der Waals surface area contributed by atoms with Gasteiger partial charge in [0, 0.05) is 24.0 Å². The van der Waals surface area contributed by atoms with Crippen molar-refractivity contribution >= 4 is 17.3 Å². The van der Waals surface area contributed by atoms with Crippen LogP contribution in [-0.4, -0.2) is 28.6 Å². The van der Waals surface area contributed by atoms with E-state index < -0.39 is 5.97 Å². The number of carboxylic acid groups (broad SMARTS) is 1. The molecule has 0 fully saturated rings. The highest BCUT2D eigenvalue weighted by Gasteiger charge is 2.19. The van der Waals surface area contributed by atoms with Gasteiger partial charge in [0.15, 0.2) is 0 Å². The van der Waals surface area contributed by atoms with Crippen molar-refractivity contribution in [3.63, 3.8) is 0 Å². The Labute approximate surface area is 126 Å². The number of rotatable bonds is 8. The SMILES string of the molecule is CCC(CC)N(Cc1cc(C(=O)O)sc1C)CC(C)C. The van der Waals surface area contributed by atoms with Crippen molar-refractivity contribution in [3.05, 3.63) is 21.4 Å². The fourth-order valence-electron chi connectivity index (χ4n) is 2.62. The largest absolute Gasteiger partial charge is 0.477 e. The van der Waals surface area contributed by atoms with E-state index in [-0.39, 0.29) is 0 Å². The van der Waals surface area contributed by atoms with Gasteiger partial charge in [-0.05, 0) is 37.3 Å². The average Bonchev–Trinajstić information content (AvgIpc) is 2.72. The Morgan fingerprint density at radius 3 is 2.35 bits per heavy atom. The molecule has 0 amide bonds. The number of hydrogen-bond donors (Lipinski definition) is 1. The lowest BCUT2D eigenvalue weighted by atomic mass is 10.1. The van der Waals surface area contributed by atoms with Gasteiger partial charge in [-0.2, -0.15) is 0 Å². The van der Waals surface area contributed by atoms with E-state index in [1.807, 2.05) is 13.0 Å². The van der Waals surface area contributed by atoms with Gasteiger partial charge in [0.25, 0.3) is 0 Å². The summed E-state index contributed by atoms with van der Waals surface area (Å²) in [5.74, 6) is -0.198. The summed E-state index contributed by atoms with van der Waals surface area (Å²) >= 11 is 1.38. The molecule has 0 unspecified atom stereocenters. The summed E-state index contributed by atoms with van der Waals surface area (Å²) in [4.78, 5) is 15.2. The van der Waals surface area contributed by atoms with E-state index in [9.17, 15) is 4.79 Å². The molecule has 0 atom stereocenters. The molecular formula is C16H27NO2S. The van der Waals surface area contributed by atoms with Crippen LogP contribution < -0.4 is 0 Å². The lowest BCUT2D eigenvalue weighted by Gasteiger charge is -2.32. The van der Waals surface area contributed by atoms with E-state index in [4.69, 9.17) is 5.11 Å². The van der Waals surface area contributed by atoms with Crippen LogP contribution in [0.2, 0.25) is 0 Å². The zero-order valence-corrected chi connectivity index (χ0v) is 14.1. The molecule has 1 heterocycles. The molecule has 3 nitrogen and oxygen atoms in total. The molecule has 20 heavy (non-hydrogen) atoms. The monoisotopic (exact) mass is 297 g/mol. The number of carbonyl (C=O) groups is 1. The van der Waals surface area contributed by atoms with E-state index >= 15 is 0 Å². The predicted molar refractivity (Wildman–Crippen MR) is 85.6 cm³/mol. The smallest absolute Gasteiger partial charge is 0.345 e. The number of hydrogen-bond acceptors (Lipinski definition) is 3. The fourth-order valence-corrected chi connectivity index (χ4v) is 3.49. The van der Waals surface area contributed by atoms with Crippen LogP contribution in [0.15, 0.2) is 6.07 Å². The first-order valence-electron chi connectivity index (χ1n) is 7.45. The standard InChI is InChI=1S/C16H27NO2S/c1-6-14(7-2)17(9-11(3)4)10-13-8-15(16(18)19)20-12(13)5/h8,11,14H,6-7,9-10H2,1-5H3,(H,18,19). The minimum atomic E-state index is -0.817. The molecule has 0 aliphatic rings. The first-order chi connectivity index (χ1) is 9.38. The summed E-state index contributed by atoms with van der Waals surface area (Å²) in [5, 5.41) is 9.10. The van der Waals surface area contributed by atoms with Gasteiger partial charge < -0.3 is 5.11 Å². The quantitative estimate of drug-likeness (QED) is 0.773. The molecule has 0 spiro atoms. The van der Waals surface area contributed by atoms with Crippen molar-refractivity contribution in [2.24, 2.45) is 5.92 Å². The van der Waals surface area contributed by atoms with Gasteiger partial charge in [0.1, 0.15) is 4.88 Å². The second-order valence-corrected chi connectivity index (χ2v) is 7.05. The topological polar surface area (TPSA) is 40.5 Å². The number of aromatic carboxylic acids is 1. The summed E-state index contributed by atoms with van der Waals surface area (Å²) < 4.78 is 0. The lowest BCUT2D eigenvalue weighted by molar-refractivity contribution is 0.0702. The normalized spacial score (nSPS) is 11.8. The summed E-state index contributed by atoms with van der Waals surface area (Å²) in [6.45, 7) is 12.9. The second-order valence-electron chi connectivity index (χ2n) is 5.79. The Kier molecular flexibility index (Phi) is 6.69. The molecule has 0 saturated carbocycles. The van der Waals surface area contributed by atoms with E-state index in [0.29, 0.717) is 16.8 Å². The van der Waals surface area contributed by atoms with Gasteiger partial charge in [0.2, 0.25) is 0 Å². The highest BCUT2D eigenvalue weighted by atomic mass is 32.1. The molecule has 4 heteroatoms. The highest BCUT2D eigenvalue weighted by molar-refractivity contribution is 7.14. The summed E-state index contributed by atoms with van der Waals surface area (Å²) in [6.07, 6.45) is 2.27. The highest BCUT2D eigenvalue weighted by Crippen LogP contribution is 2.25. The van der Waals surface area contributed by atoms with Crippen LogP contribution in [0.1, 0.15) is 60.6 Å². The predicted octanol–water partition coefficient (Wildman–Crippen LogP) is 4.40. The van der Waals surface area contributed by atoms with Crippen LogP contribution in [0.25, 0.3) is 0 Å². The maximum atomic E-state index is 11.1. The molecule has 0 radical (unpaired) electrons. The Bertz CT molecular complexity index is 436. The third kappa shape index (κ3) is 4.60. The van der Waals surface area contributed by atoms with Gasteiger partial charge >= 0.3 is 5.97 Å². The number of aryl methyl sites for hydroxylation is 1. The third-order valence-electron chi connectivity index (χ3n) is 3.66. The van der Waals surface area contributed by atoms with Gasteiger partial charge in [-0.25, -0.2) is 4.79 Å². The van der Waals surface area contributed by atoms with Crippen molar-refractivity contribution in [2.45, 2.75) is 60.0 Å². The van der Waals surface area contributed by atoms with Gasteiger partial charge in [-0.3, -0.25) is 4.90 Å². The summed E-state index contributed by atoms with van der Waals surface area (Å²) in [6, 6.07) is 2.42. The minimum Gasteiger partial charge on any atom is -0.477 e. The van der Waals surface area contributed by atoms with Crippen LogP contribution in [0.5, 0.6) is 0 Å². The lowest BCUT2D eigenvalue weighted by Crippen LogP contribution is -2.36.